The summed E-state index contributed by atoms with van der Waals surface area (Å²) in [6.07, 6.45) is 0. The van der Waals surface area contributed by atoms with Crippen LogP contribution in [0.15, 0.2) is 42.5 Å². The molecule has 3 unspecified atom stereocenters. The maximum Gasteiger partial charge on any atom is 0.318 e. The minimum absolute atomic E-state index is 0.250. The Labute approximate surface area is 155 Å². The first-order valence-electron chi connectivity index (χ1n) is 8.30. The van der Waals surface area contributed by atoms with Crippen LogP contribution in [0.25, 0.3) is 0 Å². The standard InChI is InChI=1S/C19H18ClN3O3/c1-10-3-8-14-13(9-10)16-15(19(2,26-14)23-18(25)22-16)17(24)21-12-6-4-11(20)5-7-12/h3-9,15-16H,1-2H3,(H,21,24)(H2,22,23,25). The molecule has 26 heavy (non-hydrogen) atoms. The summed E-state index contributed by atoms with van der Waals surface area (Å²) >= 11 is 5.89. The summed E-state index contributed by atoms with van der Waals surface area (Å²) in [6, 6.07) is 11.8. The fourth-order valence-electron chi connectivity index (χ4n) is 3.62. The van der Waals surface area contributed by atoms with Crippen molar-refractivity contribution in [2.24, 2.45) is 5.92 Å². The van der Waals surface area contributed by atoms with Gasteiger partial charge in [0.05, 0.1) is 6.04 Å². The Hall–Kier alpha value is -2.73. The minimum Gasteiger partial charge on any atom is -0.467 e. The Morgan fingerprint density at radius 1 is 1.23 bits per heavy atom. The minimum atomic E-state index is -1.15. The molecule has 0 radical (unpaired) electrons. The van der Waals surface area contributed by atoms with Crippen LogP contribution in [0.3, 0.4) is 0 Å². The zero-order valence-corrected chi connectivity index (χ0v) is 15.1. The summed E-state index contributed by atoms with van der Waals surface area (Å²) < 4.78 is 6.05. The molecular weight excluding hydrogens is 354 g/mol. The van der Waals surface area contributed by atoms with E-state index in [2.05, 4.69) is 16.0 Å². The highest BCUT2D eigenvalue weighted by Gasteiger charge is 2.55. The van der Waals surface area contributed by atoms with Gasteiger partial charge in [-0.25, -0.2) is 4.79 Å². The lowest BCUT2D eigenvalue weighted by atomic mass is 9.79. The Kier molecular flexibility index (Phi) is 3.80. The van der Waals surface area contributed by atoms with Crippen LogP contribution in [0.4, 0.5) is 10.5 Å². The third-order valence-electron chi connectivity index (χ3n) is 4.79. The van der Waals surface area contributed by atoms with E-state index in [9.17, 15) is 9.59 Å². The number of fused-ring (bicyclic) bond motifs is 4. The van der Waals surface area contributed by atoms with Crippen LogP contribution in [-0.4, -0.2) is 17.7 Å². The van der Waals surface area contributed by atoms with Crippen molar-refractivity contribution in [3.63, 3.8) is 0 Å². The highest BCUT2D eigenvalue weighted by Crippen LogP contribution is 2.45. The molecule has 2 aromatic carbocycles. The maximum atomic E-state index is 13.1. The molecule has 2 aromatic rings. The van der Waals surface area contributed by atoms with Gasteiger partial charge in [-0.3, -0.25) is 10.1 Å². The van der Waals surface area contributed by atoms with Gasteiger partial charge >= 0.3 is 6.03 Å². The van der Waals surface area contributed by atoms with Crippen molar-refractivity contribution in [1.29, 1.82) is 0 Å². The lowest BCUT2D eigenvalue weighted by Gasteiger charge is -2.49. The van der Waals surface area contributed by atoms with Crippen LogP contribution < -0.4 is 20.7 Å². The van der Waals surface area contributed by atoms with Crippen molar-refractivity contribution < 1.29 is 14.3 Å². The van der Waals surface area contributed by atoms with E-state index in [1.54, 1.807) is 31.2 Å². The van der Waals surface area contributed by atoms with Crippen LogP contribution in [-0.2, 0) is 4.79 Å². The topological polar surface area (TPSA) is 79.5 Å². The predicted octanol–water partition coefficient (Wildman–Crippen LogP) is 3.37. The number of halogens is 1. The first kappa shape index (κ1) is 16.7. The molecule has 4 rings (SSSR count). The molecule has 0 aliphatic carbocycles. The van der Waals surface area contributed by atoms with E-state index in [1.807, 2.05) is 25.1 Å². The Morgan fingerprint density at radius 3 is 2.69 bits per heavy atom. The molecule has 1 saturated heterocycles. The van der Waals surface area contributed by atoms with E-state index in [0.29, 0.717) is 16.5 Å². The zero-order chi connectivity index (χ0) is 18.5. The number of urea groups is 1. The number of amides is 3. The lowest BCUT2D eigenvalue weighted by molar-refractivity contribution is -0.133. The van der Waals surface area contributed by atoms with Gasteiger partial charge in [0.15, 0.2) is 5.72 Å². The molecule has 2 aliphatic rings. The number of ether oxygens (including phenoxy) is 1. The fourth-order valence-corrected chi connectivity index (χ4v) is 3.74. The normalized spacial score (nSPS) is 26.0. The van der Waals surface area contributed by atoms with Crippen molar-refractivity contribution in [3.05, 3.63) is 58.6 Å². The largest absolute Gasteiger partial charge is 0.467 e. The van der Waals surface area contributed by atoms with Crippen LogP contribution in [0, 0.1) is 12.8 Å². The fraction of sp³-hybridized carbons (Fsp3) is 0.263. The molecule has 3 N–H and O–H groups in total. The van der Waals surface area contributed by atoms with Crippen LogP contribution in [0.1, 0.15) is 24.1 Å². The Morgan fingerprint density at radius 2 is 1.96 bits per heavy atom. The van der Waals surface area contributed by atoms with E-state index >= 15 is 0 Å². The molecular formula is C19H18ClN3O3. The summed E-state index contributed by atoms with van der Waals surface area (Å²) in [5.41, 5.74) is 1.31. The number of hydrogen-bond donors (Lipinski definition) is 3. The predicted molar refractivity (Wildman–Crippen MR) is 98.2 cm³/mol. The van der Waals surface area contributed by atoms with Gasteiger partial charge in [-0.2, -0.15) is 0 Å². The molecule has 2 heterocycles. The zero-order valence-electron chi connectivity index (χ0n) is 14.3. The smallest absolute Gasteiger partial charge is 0.318 e. The molecule has 6 nitrogen and oxygen atoms in total. The molecule has 2 bridgehead atoms. The van der Waals surface area contributed by atoms with Crippen molar-refractivity contribution in [2.75, 3.05) is 5.32 Å². The molecule has 3 atom stereocenters. The number of hydrogen-bond acceptors (Lipinski definition) is 3. The first-order valence-corrected chi connectivity index (χ1v) is 8.68. The van der Waals surface area contributed by atoms with Gasteiger partial charge in [0.2, 0.25) is 5.91 Å². The number of carbonyl (C=O) groups excluding carboxylic acids is 2. The first-order chi connectivity index (χ1) is 12.4. The van der Waals surface area contributed by atoms with Gasteiger partial charge < -0.3 is 15.4 Å². The second-order valence-corrected chi connectivity index (χ2v) is 7.24. The van der Waals surface area contributed by atoms with E-state index in [0.717, 1.165) is 11.1 Å². The summed E-state index contributed by atoms with van der Waals surface area (Å²) in [7, 11) is 0. The van der Waals surface area contributed by atoms with Crippen molar-refractivity contribution in [1.82, 2.24) is 10.6 Å². The second-order valence-electron chi connectivity index (χ2n) is 6.80. The van der Waals surface area contributed by atoms with E-state index in [-0.39, 0.29) is 11.9 Å². The van der Waals surface area contributed by atoms with Gasteiger partial charge in [0, 0.05) is 16.3 Å². The van der Waals surface area contributed by atoms with Gasteiger partial charge in [-0.15, -0.1) is 0 Å². The SMILES string of the molecule is Cc1ccc2c(c1)C1NC(=O)NC(C)(O2)C1C(=O)Nc1ccc(Cl)cc1. The number of nitrogens with one attached hydrogen (secondary N) is 3. The molecule has 3 amide bonds. The van der Waals surface area contributed by atoms with Gasteiger partial charge in [-0.05, 0) is 44.2 Å². The average Bonchev–Trinajstić information content (AvgIpc) is 2.56. The van der Waals surface area contributed by atoms with Crippen LogP contribution >= 0.6 is 11.6 Å². The van der Waals surface area contributed by atoms with Gasteiger partial charge in [0.25, 0.3) is 0 Å². The van der Waals surface area contributed by atoms with Gasteiger partial charge in [-0.1, -0.05) is 29.3 Å². The van der Waals surface area contributed by atoms with Crippen molar-refractivity contribution in [3.8, 4) is 5.75 Å². The molecule has 134 valence electrons. The van der Waals surface area contributed by atoms with Crippen LogP contribution in [0.5, 0.6) is 5.75 Å². The Bertz CT molecular complexity index is 899. The van der Waals surface area contributed by atoms with E-state index in [1.165, 1.54) is 0 Å². The van der Waals surface area contributed by atoms with Crippen molar-refractivity contribution in [2.45, 2.75) is 25.6 Å². The summed E-state index contributed by atoms with van der Waals surface area (Å²) in [6.45, 7) is 3.67. The monoisotopic (exact) mass is 371 g/mol. The molecule has 0 aromatic heterocycles. The quantitative estimate of drug-likeness (QED) is 0.757. The second kappa shape index (κ2) is 5.92. The Balaban J connectivity index is 1.71. The molecule has 0 spiro atoms. The number of carbonyl (C=O) groups is 2. The highest BCUT2D eigenvalue weighted by molar-refractivity contribution is 6.30. The van der Waals surface area contributed by atoms with E-state index < -0.39 is 17.7 Å². The summed E-state index contributed by atoms with van der Waals surface area (Å²) in [4.78, 5) is 25.1. The van der Waals surface area contributed by atoms with E-state index in [4.69, 9.17) is 16.3 Å². The maximum absolute atomic E-state index is 13.1. The number of rotatable bonds is 2. The summed E-state index contributed by atoms with van der Waals surface area (Å²) in [5.74, 6) is -0.240. The van der Waals surface area contributed by atoms with Crippen molar-refractivity contribution >= 4 is 29.2 Å². The lowest BCUT2D eigenvalue weighted by Crippen LogP contribution is -2.70. The van der Waals surface area contributed by atoms with Crippen LogP contribution in [0.2, 0.25) is 5.02 Å². The highest BCUT2D eigenvalue weighted by atomic mass is 35.5. The number of benzene rings is 2. The van der Waals surface area contributed by atoms with Gasteiger partial charge in [0.1, 0.15) is 11.7 Å². The molecule has 7 heteroatoms. The molecule has 1 fully saturated rings. The third kappa shape index (κ3) is 2.76. The number of anilines is 1. The average molecular weight is 372 g/mol. The molecule has 0 saturated carbocycles. The third-order valence-corrected chi connectivity index (χ3v) is 5.04. The summed E-state index contributed by atoms with van der Waals surface area (Å²) in [5, 5.41) is 9.09. The number of aryl methyl sites for hydroxylation is 1. The molecule has 2 aliphatic heterocycles.